The lowest BCUT2D eigenvalue weighted by Crippen LogP contribution is -2.28. The van der Waals surface area contributed by atoms with E-state index in [1.165, 1.54) is 22.4 Å². The van der Waals surface area contributed by atoms with Crippen molar-refractivity contribution in [3.63, 3.8) is 0 Å². The number of hydrogen-bond donors (Lipinski definition) is 2. The summed E-state index contributed by atoms with van der Waals surface area (Å²) in [6, 6.07) is 4.43. The summed E-state index contributed by atoms with van der Waals surface area (Å²) < 4.78 is 41.4. The molecule has 1 atom stereocenters. The molecule has 30 heavy (non-hydrogen) atoms. The van der Waals surface area contributed by atoms with Gasteiger partial charge in [0.15, 0.2) is 0 Å². The Balaban J connectivity index is 2.23. The summed E-state index contributed by atoms with van der Waals surface area (Å²) in [5.41, 5.74) is 6.54. The van der Waals surface area contributed by atoms with Gasteiger partial charge in [0.25, 0.3) is 5.56 Å². The zero-order chi connectivity index (χ0) is 22.1. The zero-order valence-corrected chi connectivity index (χ0v) is 17.6. The second-order valence-electron chi connectivity index (χ2n) is 7.45. The molecule has 1 aromatic heterocycles. The van der Waals surface area contributed by atoms with Gasteiger partial charge in [0.2, 0.25) is 0 Å². The number of thioether (sulfide) groups is 1. The lowest BCUT2D eigenvalue weighted by atomic mass is 9.94. The monoisotopic (exact) mass is 438 g/mol. The normalized spacial score (nSPS) is 15.9. The minimum atomic E-state index is -4.48. The number of aromatic nitrogens is 1. The van der Waals surface area contributed by atoms with Crippen LogP contribution in [0.15, 0.2) is 46.4 Å². The van der Waals surface area contributed by atoms with E-state index < -0.39 is 23.3 Å². The highest BCUT2D eigenvalue weighted by Gasteiger charge is 2.34. The smallest absolute Gasteiger partial charge is 0.416 e. The van der Waals surface area contributed by atoms with Crippen molar-refractivity contribution in [1.82, 2.24) is 4.57 Å². The number of fused-ring (bicyclic) bond motifs is 1. The Labute approximate surface area is 177 Å². The molecule has 0 saturated carbocycles. The Kier molecular flexibility index (Phi) is 6.55. The van der Waals surface area contributed by atoms with Gasteiger partial charge in [0.1, 0.15) is 17.5 Å². The van der Waals surface area contributed by atoms with Crippen LogP contribution < -0.4 is 11.3 Å². The summed E-state index contributed by atoms with van der Waals surface area (Å²) in [4.78, 5) is 13.0. The number of hydrogen-bond acceptors (Lipinski definition) is 4. The third kappa shape index (κ3) is 4.24. The largest absolute Gasteiger partial charge is 0.511 e. The van der Waals surface area contributed by atoms with Crippen LogP contribution >= 0.6 is 11.8 Å². The van der Waals surface area contributed by atoms with Crippen LogP contribution in [0.25, 0.3) is 11.1 Å². The third-order valence-electron chi connectivity index (χ3n) is 5.34. The fraction of sp³-hybridized carbons (Fsp3) is 0.409. The molecule has 3 rings (SSSR count). The van der Waals surface area contributed by atoms with Crippen molar-refractivity contribution in [2.24, 2.45) is 0 Å². The Morgan fingerprint density at radius 1 is 1.33 bits per heavy atom. The summed E-state index contributed by atoms with van der Waals surface area (Å²) in [5.74, 6) is 0.198. The maximum Gasteiger partial charge on any atom is 0.416 e. The lowest BCUT2D eigenvalue weighted by Gasteiger charge is -2.20. The number of pyridine rings is 1. The number of nitrogens with two attached hydrogens (primary N) is 1. The zero-order valence-electron chi connectivity index (χ0n) is 16.8. The van der Waals surface area contributed by atoms with Crippen molar-refractivity contribution in [3.05, 3.63) is 58.1 Å². The van der Waals surface area contributed by atoms with E-state index in [9.17, 15) is 23.1 Å². The molecule has 162 valence electrons. The van der Waals surface area contributed by atoms with Gasteiger partial charge in [-0.05, 0) is 36.1 Å². The summed E-state index contributed by atoms with van der Waals surface area (Å²) in [6.07, 6.45) is -0.172. The Morgan fingerprint density at radius 2 is 2.07 bits per heavy atom. The van der Waals surface area contributed by atoms with Gasteiger partial charge in [0, 0.05) is 11.3 Å². The molecule has 3 N–H and O–H groups in total. The van der Waals surface area contributed by atoms with Crippen LogP contribution in [0.4, 0.5) is 18.9 Å². The molecule has 2 aromatic rings. The molecule has 0 bridgehead atoms. The summed E-state index contributed by atoms with van der Waals surface area (Å²) >= 11 is 1.33. The Morgan fingerprint density at radius 3 is 2.70 bits per heavy atom. The first-order chi connectivity index (χ1) is 14.2. The number of nitrogens with zero attached hydrogens (tertiary/aromatic N) is 1. The van der Waals surface area contributed by atoms with Crippen molar-refractivity contribution in [2.75, 3.05) is 11.5 Å². The van der Waals surface area contributed by atoms with E-state index in [1.54, 1.807) is 6.07 Å². The number of benzene rings is 1. The van der Waals surface area contributed by atoms with Gasteiger partial charge in [-0.15, -0.1) is 11.8 Å². The molecule has 0 aliphatic carbocycles. The van der Waals surface area contributed by atoms with Gasteiger partial charge in [0.05, 0.1) is 10.6 Å². The topological polar surface area (TPSA) is 68.2 Å². The Bertz CT molecular complexity index is 1010. The molecule has 1 aliphatic rings. The number of anilines is 1. The molecule has 0 radical (unpaired) electrons. The quantitative estimate of drug-likeness (QED) is 0.414. The maximum absolute atomic E-state index is 13.3. The molecule has 0 amide bonds. The second-order valence-corrected chi connectivity index (χ2v) is 8.46. The average Bonchev–Trinajstić information content (AvgIpc) is 3.13. The van der Waals surface area contributed by atoms with Gasteiger partial charge in [-0.3, -0.25) is 9.36 Å². The maximum atomic E-state index is 13.3. The Hall–Kier alpha value is -2.35. The molecule has 4 nitrogen and oxygen atoms in total. The van der Waals surface area contributed by atoms with E-state index >= 15 is 0 Å². The van der Waals surface area contributed by atoms with E-state index in [-0.39, 0.29) is 11.4 Å². The van der Waals surface area contributed by atoms with Crippen molar-refractivity contribution in [1.29, 1.82) is 0 Å². The van der Waals surface area contributed by atoms with Crippen LogP contribution in [0.2, 0.25) is 0 Å². The minimum absolute atomic E-state index is 0.0245. The van der Waals surface area contributed by atoms with Gasteiger partial charge in [-0.2, -0.15) is 13.2 Å². The van der Waals surface area contributed by atoms with E-state index in [0.29, 0.717) is 33.9 Å². The SMILES string of the molecule is C=C(O)[C@@H]1CSc2c(-c3cccc(C(F)(F)F)c3)c(CCCCCC)c(N)c(=O)n21. The minimum Gasteiger partial charge on any atom is -0.511 e. The van der Waals surface area contributed by atoms with Crippen molar-refractivity contribution >= 4 is 17.4 Å². The predicted octanol–water partition coefficient (Wildman–Crippen LogP) is 5.96. The van der Waals surface area contributed by atoms with Crippen LogP contribution in [-0.4, -0.2) is 15.4 Å². The average molecular weight is 439 g/mol. The van der Waals surface area contributed by atoms with Crippen LogP contribution in [-0.2, 0) is 12.6 Å². The molecule has 0 saturated heterocycles. The number of alkyl halides is 3. The third-order valence-corrected chi connectivity index (χ3v) is 6.50. The summed E-state index contributed by atoms with van der Waals surface area (Å²) in [6.45, 7) is 5.63. The van der Waals surface area contributed by atoms with Crippen molar-refractivity contribution < 1.29 is 18.3 Å². The lowest BCUT2D eigenvalue weighted by molar-refractivity contribution is -0.137. The fourth-order valence-electron chi connectivity index (χ4n) is 3.77. The van der Waals surface area contributed by atoms with Crippen LogP contribution in [0.1, 0.15) is 49.8 Å². The number of allylic oxidation sites excluding steroid dienone is 1. The standard InChI is InChI=1S/C22H25F3N2O2S/c1-3-4-5-6-10-16-18(14-8-7-9-15(11-14)22(23,24)25)21-27(20(29)19(16)26)17(12-30-21)13(2)28/h7-9,11,17,28H,2-6,10,12,26H2,1H3/t17-/m0/s1. The second kappa shape index (κ2) is 8.79. The number of nitrogen functional groups attached to an aromatic ring is 1. The van der Waals surface area contributed by atoms with Gasteiger partial charge >= 0.3 is 6.18 Å². The number of unbranched alkanes of at least 4 members (excludes halogenated alkanes) is 3. The molecule has 1 aromatic carbocycles. The van der Waals surface area contributed by atoms with E-state index in [1.807, 2.05) is 0 Å². The number of halogens is 3. The highest BCUT2D eigenvalue weighted by molar-refractivity contribution is 7.99. The van der Waals surface area contributed by atoms with E-state index in [2.05, 4.69) is 13.5 Å². The first kappa shape index (κ1) is 22.3. The van der Waals surface area contributed by atoms with Crippen LogP contribution in [0.3, 0.4) is 0 Å². The van der Waals surface area contributed by atoms with Crippen molar-refractivity contribution in [3.8, 4) is 11.1 Å². The van der Waals surface area contributed by atoms with Gasteiger partial charge < -0.3 is 10.8 Å². The first-order valence-corrected chi connectivity index (χ1v) is 10.9. The van der Waals surface area contributed by atoms with E-state index in [4.69, 9.17) is 5.73 Å². The summed E-state index contributed by atoms with van der Waals surface area (Å²) in [7, 11) is 0. The van der Waals surface area contributed by atoms with Crippen LogP contribution in [0, 0.1) is 0 Å². The predicted molar refractivity (Wildman–Crippen MR) is 115 cm³/mol. The van der Waals surface area contributed by atoms with Gasteiger partial charge in [-0.25, -0.2) is 0 Å². The molecule has 1 aliphatic heterocycles. The first-order valence-electron chi connectivity index (χ1n) is 9.91. The fourth-order valence-corrected chi connectivity index (χ4v) is 5.17. The van der Waals surface area contributed by atoms with Crippen LogP contribution in [0.5, 0.6) is 0 Å². The molecular weight excluding hydrogens is 413 g/mol. The highest BCUT2D eigenvalue weighted by atomic mass is 32.2. The van der Waals surface area contributed by atoms with Crippen molar-refractivity contribution in [2.45, 2.75) is 56.3 Å². The van der Waals surface area contributed by atoms with E-state index in [0.717, 1.165) is 37.8 Å². The number of aliphatic hydroxyl groups excluding tert-OH is 1. The number of aliphatic hydroxyl groups is 1. The molecule has 0 fully saturated rings. The molecule has 0 spiro atoms. The molecule has 8 heteroatoms. The molecule has 0 unspecified atom stereocenters. The summed E-state index contributed by atoms with van der Waals surface area (Å²) in [5, 5.41) is 10.5. The number of rotatable bonds is 7. The van der Waals surface area contributed by atoms with Gasteiger partial charge in [-0.1, -0.05) is 44.9 Å². The highest BCUT2D eigenvalue weighted by Crippen LogP contribution is 2.45. The molecular formula is C22H25F3N2O2S. The molecule has 2 heterocycles.